The summed E-state index contributed by atoms with van der Waals surface area (Å²) in [6, 6.07) is 11.2. The number of rotatable bonds is 6. The molecule has 0 spiro atoms. The Morgan fingerprint density at radius 3 is 2.61 bits per heavy atom. The molecule has 2 aromatic carbocycles. The summed E-state index contributed by atoms with van der Waals surface area (Å²) in [5.41, 5.74) is 1.12. The third-order valence-corrected chi connectivity index (χ3v) is 6.90. The van der Waals surface area contributed by atoms with Gasteiger partial charge >= 0.3 is 0 Å². The van der Waals surface area contributed by atoms with Crippen LogP contribution >= 0.6 is 0 Å². The van der Waals surface area contributed by atoms with Crippen LogP contribution in [0.3, 0.4) is 0 Å². The molecule has 150 valence electrons. The first-order valence-corrected chi connectivity index (χ1v) is 10.4. The maximum atomic E-state index is 13.3. The largest absolute Gasteiger partial charge is 0.497 e. The van der Waals surface area contributed by atoms with Gasteiger partial charge in [0.15, 0.2) is 0 Å². The minimum atomic E-state index is -3.84. The number of para-hydroxylation sites is 2. The molecule has 28 heavy (non-hydrogen) atoms. The second kappa shape index (κ2) is 8.20. The molecule has 1 amide bonds. The van der Waals surface area contributed by atoms with Crippen molar-refractivity contribution in [1.29, 1.82) is 0 Å². The zero-order chi connectivity index (χ0) is 20.3. The van der Waals surface area contributed by atoms with E-state index in [1.165, 1.54) is 24.6 Å². The number of methoxy groups -OCH3 is 2. The molecule has 0 aliphatic carbocycles. The number of hydrogen-bond donors (Lipinski definition) is 1. The predicted molar refractivity (Wildman–Crippen MR) is 106 cm³/mol. The number of hydrogen-bond acceptors (Lipinski definition) is 5. The first kappa shape index (κ1) is 20.2. The van der Waals surface area contributed by atoms with E-state index in [0.29, 0.717) is 42.1 Å². The summed E-state index contributed by atoms with van der Waals surface area (Å²) in [4.78, 5) is 13.0. The van der Waals surface area contributed by atoms with Gasteiger partial charge in [-0.3, -0.25) is 4.79 Å². The first-order chi connectivity index (χ1) is 13.4. The number of amides is 1. The van der Waals surface area contributed by atoms with Crippen molar-refractivity contribution < 1.29 is 22.7 Å². The minimum Gasteiger partial charge on any atom is -0.497 e. The minimum absolute atomic E-state index is 0.156. The van der Waals surface area contributed by atoms with Gasteiger partial charge < -0.3 is 14.8 Å². The van der Waals surface area contributed by atoms with Gasteiger partial charge in [0.2, 0.25) is 15.9 Å². The van der Waals surface area contributed by atoms with Crippen LogP contribution in [0.2, 0.25) is 0 Å². The predicted octanol–water partition coefficient (Wildman–Crippen LogP) is 2.80. The van der Waals surface area contributed by atoms with Crippen LogP contribution in [0.15, 0.2) is 47.4 Å². The average molecular weight is 404 g/mol. The number of ether oxygens (including phenoxy) is 2. The van der Waals surface area contributed by atoms with Crippen molar-refractivity contribution >= 4 is 21.6 Å². The lowest BCUT2D eigenvalue weighted by Crippen LogP contribution is -2.43. The van der Waals surface area contributed by atoms with Gasteiger partial charge in [-0.1, -0.05) is 18.2 Å². The van der Waals surface area contributed by atoms with Crippen LogP contribution in [0.1, 0.15) is 18.4 Å². The molecule has 3 rings (SSSR count). The molecule has 0 radical (unpaired) electrons. The van der Waals surface area contributed by atoms with Gasteiger partial charge in [-0.05, 0) is 43.5 Å². The van der Waals surface area contributed by atoms with Gasteiger partial charge in [0.05, 0.1) is 24.8 Å². The van der Waals surface area contributed by atoms with Gasteiger partial charge in [-0.2, -0.15) is 4.31 Å². The van der Waals surface area contributed by atoms with Gasteiger partial charge in [-0.15, -0.1) is 0 Å². The average Bonchev–Trinajstić information content (AvgIpc) is 3.19. The topological polar surface area (TPSA) is 84.9 Å². The molecule has 7 nitrogen and oxygen atoms in total. The fraction of sp³-hybridized carbons (Fsp3) is 0.350. The number of sulfonamides is 1. The van der Waals surface area contributed by atoms with Gasteiger partial charge in [0, 0.05) is 12.6 Å². The smallest absolute Gasteiger partial charge is 0.244 e. The van der Waals surface area contributed by atoms with Crippen LogP contribution in [0.4, 0.5) is 5.69 Å². The standard InChI is InChI=1S/C20H24N2O5S/c1-14-10-11-15(26-2)13-19(14)28(24,25)22-12-6-8-17(22)20(23)21-16-7-4-5-9-18(16)27-3/h4-5,7,9-11,13,17H,6,8,12H2,1-3H3,(H,21,23)/t17-/m0/s1. The van der Waals surface area contributed by atoms with E-state index < -0.39 is 16.1 Å². The van der Waals surface area contributed by atoms with E-state index >= 15 is 0 Å². The highest BCUT2D eigenvalue weighted by Gasteiger charge is 2.40. The molecule has 1 saturated heterocycles. The molecule has 1 atom stereocenters. The van der Waals surface area contributed by atoms with Crippen LogP contribution in [0.5, 0.6) is 11.5 Å². The Hall–Kier alpha value is -2.58. The van der Waals surface area contributed by atoms with Crippen molar-refractivity contribution in [2.45, 2.75) is 30.7 Å². The third-order valence-electron chi connectivity index (χ3n) is 4.85. The number of carbonyl (C=O) groups excluding carboxylic acids is 1. The number of nitrogens with zero attached hydrogens (tertiary/aromatic N) is 1. The van der Waals surface area contributed by atoms with E-state index in [-0.39, 0.29) is 10.8 Å². The quantitative estimate of drug-likeness (QED) is 0.800. The van der Waals surface area contributed by atoms with Crippen LogP contribution in [-0.2, 0) is 14.8 Å². The molecule has 1 fully saturated rings. The highest BCUT2D eigenvalue weighted by molar-refractivity contribution is 7.89. The van der Waals surface area contributed by atoms with Crippen molar-refractivity contribution in [3.63, 3.8) is 0 Å². The number of nitrogens with one attached hydrogen (secondary N) is 1. The van der Waals surface area contributed by atoms with Crippen molar-refractivity contribution in [3.05, 3.63) is 48.0 Å². The highest BCUT2D eigenvalue weighted by Crippen LogP contribution is 2.31. The third kappa shape index (κ3) is 3.83. The van der Waals surface area contributed by atoms with Crippen LogP contribution in [-0.4, -0.2) is 45.4 Å². The second-order valence-corrected chi connectivity index (χ2v) is 8.45. The molecule has 0 unspecified atom stereocenters. The number of anilines is 1. The molecule has 0 bridgehead atoms. The lowest BCUT2D eigenvalue weighted by Gasteiger charge is -2.24. The summed E-state index contributed by atoms with van der Waals surface area (Å²) in [5, 5.41) is 2.80. The normalized spacial score (nSPS) is 17.3. The van der Waals surface area contributed by atoms with Crippen LogP contribution < -0.4 is 14.8 Å². The SMILES string of the molecule is COc1ccc(C)c(S(=O)(=O)N2CCC[C@H]2C(=O)Nc2ccccc2OC)c1. The summed E-state index contributed by atoms with van der Waals surface area (Å²) in [6.07, 6.45) is 1.08. The lowest BCUT2D eigenvalue weighted by molar-refractivity contribution is -0.119. The lowest BCUT2D eigenvalue weighted by atomic mass is 10.2. The maximum absolute atomic E-state index is 13.3. The van der Waals surface area contributed by atoms with Crippen molar-refractivity contribution in [1.82, 2.24) is 4.31 Å². The van der Waals surface area contributed by atoms with Crippen molar-refractivity contribution in [2.24, 2.45) is 0 Å². The zero-order valence-electron chi connectivity index (χ0n) is 16.1. The number of benzene rings is 2. The van der Waals surface area contributed by atoms with Crippen LogP contribution in [0.25, 0.3) is 0 Å². The Bertz CT molecular complexity index is 974. The second-order valence-electron chi connectivity index (χ2n) is 6.59. The van der Waals surface area contributed by atoms with E-state index in [4.69, 9.17) is 9.47 Å². The zero-order valence-corrected chi connectivity index (χ0v) is 17.0. The Morgan fingerprint density at radius 1 is 1.14 bits per heavy atom. The van der Waals surface area contributed by atoms with Crippen molar-refractivity contribution in [3.8, 4) is 11.5 Å². The molecule has 2 aromatic rings. The summed E-state index contributed by atoms with van der Waals surface area (Å²) >= 11 is 0. The number of aryl methyl sites for hydroxylation is 1. The Balaban J connectivity index is 1.89. The van der Waals surface area contributed by atoms with E-state index in [2.05, 4.69) is 5.32 Å². The Morgan fingerprint density at radius 2 is 1.89 bits per heavy atom. The van der Waals surface area contributed by atoms with E-state index in [1.807, 2.05) is 0 Å². The van der Waals surface area contributed by atoms with Crippen LogP contribution in [0, 0.1) is 6.92 Å². The molecule has 0 saturated carbocycles. The van der Waals surface area contributed by atoms with E-state index in [9.17, 15) is 13.2 Å². The molecule has 1 aliphatic rings. The summed E-state index contributed by atoms with van der Waals surface area (Å²) in [6.45, 7) is 2.02. The number of carbonyl (C=O) groups is 1. The van der Waals surface area contributed by atoms with Gasteiger partial charge in [0.25, 0.3) is 0 Å². The molecule has 8 heteroatoms. The van der Waals surface area contributed by atoms with Gasteiger partial charge in [-0.25, -0.2) is 8.42 Å². The molecule has 1 N–H and O–H groups in total. The van der Waals surface area contributed by atoms with E-state index in [0.717, 1.165) is 0 Å². The molecular formula is C20H24N2O5S. The van der Waals surface area contributed by atoms with E-state index in [1.54, 1.807) is 43.3 Å². The molecule has 0 aromatic heterocycles. The summed E-state index contributed by atoms with van der Waals surface area (Å²) in [5.74, 6) is 0.608. The van der Waals surface area contributed by atoms with Gasteiger partial charge in [0.1, 0.15) is 17.5 Å². The molecule has 1 heterocycles. The summed E-state index contributed by atoms with van der Waals surface area (Å²) < 4.78 is 38.3. The highest BCUT2D eigenvalue weighted by atomic mass is 32.2. The maximum Gasteiger partial charge on any atom is 0.244 e. The van der Waals surface area contributed by atoms with Crippen molar-refractivity contribution in [2.75, 3.05) is 26.1 Å². The fourth-order valence-corrected chi connectivity index (χ4v) is 5.26. The monoisotopic (exact) mass is 404 g/mol. The fourth-order valence-electron chi connectivity index (χ4n) is 3.37. The summed E-state index contributed by atoms with van der Waals surface area (Å²) in [7, 11) is -0.840. The Kier molecular flexibility index (Phi) is 5.90. The Labute approximate surface area is 165 Å². The first-order valence-electron chi connectivity index (χ1n) is 8.99. The molecular weight excluding hydrogens is 380 g/mol. The molecule has 1 aliphatic heterocycles.